The van der Waals surface area contributed by atoms with Crippen LogP contribution in [0.4, 0.5) is 0 Å². The molecule has 1 fully saturated rings. The number of amides is 2. The molecule has 1 heterocycles. The van der Waals surface area contributed by atoms with Crippen molar-refractivity contribution in [1.29, 1.82) is 0 Å². The van der Waals surface area contributed by atoms with E-state index in [4.69, 9.17) is 9.47 Å². The van der Waals surface area contributed by atoms with E-state index in [9.17, 15) is 14.4 Å². The highest BCUT2D eigenvalue weighted by atomic mass is 16.5. The summed E-state index contributed by atoms with van der Waals surface area (Å²) >= 11 is 0. The molecule has 1 atom stereocenters. The number of carbonyl (C=O) groups excluding carboxylic acids is 3. The summed E-state index contributed by atoms with van der Waals surface area (Å²) < 4.78 is 11.0. The Kier molecular flexibility index (Phi) is 7.65. The zero-order chi connectivity index (χ0) is 22.2. The van der Waals surface area contributed by atoms with Gasteiger partial charge in [-0.1, -0.05) is 50.2 Å². The first-order valence-electron chi connectivity index (χ1n) is 10.4. The number of rotatable bonds is 8. The van der Waals surface area contributed by atoms with Gasteiger partial charge in [0.05, 0.1) is 13.0 Å². The minimum absolute atomic E-state index is 0.172. The molecule has 0 bridgehead atoms. The number of nitrogens with zero attached hydrogens (tertiary/aromatic N) is 1. The van der Waals surface area contributed by atoms with Crippen molar-refractivity contribution in [2.75, 3.05) is 19.7 Å². The van der Waals surface area contributed by atoms with E-state index in [1.165, 1.54) is 4.90 Å². The van der Waals surface area contributed by atoms with Gasteiger partial charge in [0, 0.05) is 18.7 Å². The van der Waals surface area contributed by atoms with Gasteiger partial charge in [-0.05, 0) is 29.7 Å². The van der Waals surface area contributed by atoms with E-state index < -0.39 is 12.0 Å². The SMILES string of the molecule is CC(C)COC(=O)CC1C(=O)NCCN1C(=O)c1cccc(OCc2ccccc2)c1. The Balaban J connectivity index is 1.69. The maximum Gasteiger partial charge on any atom is 0.308 e. The smallest absolute Gasteiger partial charge is 0.308 e. The molecule has 3 rings (SSSR count). The highest BCUT2D eigenvalue weighted by molar-refractivity contribution is 5.99. The second kappa shape index (κ2) is 10.6. The fourth-order valence-electron chi connectivity index (χ4n) is 3.26. The number of piperazine rings is 1. The van der Waals surface area contributed by atoms with Crippen LogP contribution in [0.3, 0.4) is 0 Å². The Hall–Kier alpha value is -3.35. The van der Waals surface area contributed by atoms with Gasteiger partial charge in [0.1, 0.15) is 18.4 Å². The Morgan fingerprint density at radius 2 is 1.90 bits per heavy atom. The molecule has 0 aromatic heterocycles. The second-order valence-corrected chi connectivity index (χ2v) is 7.89. The van der Waals surface area contributed by atoms with Crippen molar-refractivity contribution in [2.24, 2.45) is 5.92 Å². The molecule has 2 amide bonds. The summed E-state index contributed by atoms with van der Waals surface area (Å²) in [5, 5.41) is 2.72. The van der Waals surface area contributed by atoms with Gasteiger partial charge < -0.3 is 19.7 Å². The molecule has 2 aromatic rings. The normalized spacial score (nSPS) is 16.0. The van der Waals surface area contributed by atoms with E-state index in [0.29, 0.717) is 31.0 Å². The molecule has 2 aromatic carbocycles. The summed E-state index contributed by atoms with van der Waals surface area (Å²) in [5.41, 5.74) is 1.42. The first kappa shape index (κ1) is 22.3. The lowest BCUT2D eigenvalue weighted by Crippen LogP contribution is -2.57. The van der Waals surface area contributed by atoms with Crippen molar-refractivity contribution >= 4 is 17.8 Å². The first-order valence-corrected chi connectivity index (χ1v) is 10.4. The Morgan fingerprint density at radius 3 is 2.65 bits per heavy atom. The first-order chi connectivity index (χ1) is 14.9. The topological polar surface area (TPSA) is 84.9 Å². The molecule has 0 aliphatic carbocycles. The fraction of sp³-hybridized carbons (Fsp3) is 0.375. The van der Waals surface area contributed by atoms with Gasteiger partial charge in [-0.25, -0.2) is 0 Å². The van der Waals surface area contributed by atoms with E-state index in [0.717, 1.165) is 5.56 Å². The molecule has 0 spiro atoms. The zero-order valence-electron chi connectivity index (χ0n) is 17.9. The van der Waals surface area contributed by atoms with Gasteiger partial charge in [0.2, 0.25) is 5.91 Å². The van der Waals surface area contributed by atoms with E-state index in [2.05, 4.69) is 5.32 Å². The van der Waals surface area contributed by atoms with Crippen LogP contribution in [0.5, 0.6) is 5.75 Å². The van der Waals surface area contributed by atoms with Crippen LogP contribution in [-0.2, 0) is 20.9 Å². The maximum atomic E-state index is 13.2. The Bertz CT molecular complexity index is 913. The van der Waals surface area contributed by atoms with Gasteiger partial charge in [0.15, 0.2) is 0 Å². The van der Waals surface area contributed by atoms with Crippen molar-refractivity contribution in [3.05, 3.63) is 65.7 Å². The van der Waals surface area contributed by atoms with E-state index in [1.54, 1.807) is 24.3 Å². The van der Waals surface area contributed by atoms with Crippen LogP contribution in [-0.4, -0.2) is 48.4 Å². The largest absolute Gasteiger partial charge is 0.489 e. The van der Waals surface area contributed by atoms with Crippen LogP contribution in [0.15, 0.2) is 54.6 Å². The predicted octanol–water partition coefficient (Wildman–Crippen LogP) is 2.80. The Morgan fingerprint density at radius 1 is 1.13 bits per heavy atom. The summed E-state index contributed by atoms with van der Waals surface area (Å²) in [5.74, 6) is -0.405. The third-order valence-electron chi connectivity index (χ3n) is 4.86. The van der Waals surface area contributed by atoms with Gasteiger partial charge >= 0.3 is 5.97 Å². The molecule has 31 heavy (non-hydrogen) atoms. The van der Waals surface area contributed by atoms with Crippen molar-refractivity contribution in [3.8, 4) is 5.75 Å². The fourth-order valence-corrected chi connectivity index (χ4v) is 3.26. The highest BCUT2D eigenvalue weighted by Crippen LogP contribution is 2.20. The van der Waals surface area contributed by atoms with Crippen LogP contribution in [0.25, 0.3) is 0 Å². The number of benzene rings is 2. The maximum absolute atomic E-state index is 13.2. The number of nitrogens with one attached hydrogen (secondary N) is 1. The van der Waals surface area contributed by atoms with E-state index in [1.807, 2.05) is 44.2 Å². The third-order valence-corrected chi connectivity index (χ3v) is 4.86. The lowest BCUT2D eigenvalue weighted by molar-refractivity contribution is -0.148. The number of carbonyl (C=O) groups is 3. The molecule has 1 aliphatic rings. The molecule has 1 unspecified atom stereocenters. The molecule has 7 nitrogen and oxygen atoms in total. The average molecular weight is 424 g/mol. The van der Waals surface area contributed by atoms with Crippen LogP contribution in [0, 0.1) is 5.92 Å². The standard InChI is InChI=1S/C24H28N2O5/c1-17(2)15-31-22(27)14-21-23(28)25-11-12-26(21)24(29)19-9-6-10-20(13-19)30-16-18-7-4-3-5-8-18/h3-10,13,17,21H,11-12,14-16H2,1-2H3,(H,25,28). The molecule has 0 saturated carbocycles. The van der Waals surface area contributed by atoms with Crippen molar-refractivity contribution in [3.63, 3.8) is 0 Å². The molecular formula is C24H28N2O5. The number of hydrogen-bond acceptors (Lipinski definition) is 5. The average Bonchev–Trinajstić information content (AvgIpc) is 2.78. The minimum atomic E-state index is -0.894. The summed E-state index contributed by atoms with van der Waals surface area (Å²) in [4.78, 5) is 39.2. The molecule has 0 radical (unpaired) electrons. The Labute approximate surface area is 182 Å². The third kappa shape index (κ3) is 6.31. The van der Waals surface area contributed by atoms with Crippen LogP contribution < -0.4 is 10.1 Å². The molecule has 1 aliphatic heterocycles. The quantitative estimate of drug-likeness (QED) is 0.659. The zero-order valence-corrected chi connectivity index (χ0v) is 17.9. The van der Waals surface area contributed by atoms with Crippen molar-refractivity contribution in [2.45, 2.75) is 32.9 Å². The summed E-state index contributed by atoms with van der Waals surface area (Å²) in [7, 11) is 0. The lowest BCUT2D eigenvalue weighted by Gasteiger charge is -2.34. The lowest BCUT2D eigenvalue weighted by atomic mass is 10.1. The monoisotopic (exact) mass is 424 g/mol. The highest BCUT2D eigenvalue weighted by Gasteiger charge is 2.35. The molecule has 164 valence electrons. The molecule has 1 saturated heterocycles. The van der Waals surface area contributed by atoms with Gasteiger partial charge in [-0.3, -0.25) is 14.4 Å². The summed E-state index contributed by atoms with van der Waals surface area (Å²) in [6.07, 6.45) is -0.172. The molecule has 1 N–H and O–H groups in total. The van der Waals surface area contributed by atoms with Crippen molar-refractivity contribution in [1.82, 2.24) is 10.2 Å². The van der Waals surface area contributed by atoms with Crippen LogP contribution >= 0.6 is 0 Å². The van der Waals surface area contributed by atoms with Gasteiger partial charge in [0.25, 0.3) is 5.91 Å². The second-order valence-electron chi connectivity index (χ2n) is 7.89. The summed E-state index contributed by atoms with van der Waals surface area (Å²) in [6, 6.07) is 15.7. The van der Waals surface area contributed by atoms with Gasteiger partial charge in [-0.2, -0.15) is 0 Å². The number of esters is 1. The predicted molar refractivity (Wildman–Crippen MR) is 115 cm³/mol. The van der Waals surface area contributed by atoms with Crippen molar-refractivity contribution < 1.29 is 23.9 Å². The van der Waals surface area contributed by atoms with E-state index in [-0.39, 0.29) is 30.8 Å². The minimum Gasteiger partial charge on any atom is -0.489 e. The summed E-state index contributed by atoms with van der Waals surface area (Å²) in [6.45, 7) is 5.19. The number of ether oxygens (including phenoxy) is 2. The molecule has 7 heteroatoms. The van der Waals surface area contributed by atoms with E-state index >= 15 is 0 Å². The van der Waals surface area contributed by atoms with Gasteiger partial charge in [-0.15, -0.1) is 0 Å². The van der Waals surface area contributed by atoms with Crippen LogP contribution in [0.2, 0.25) is 0 Å². The number of hydrogen-bond donors (Lipinski definition) is 1. The van der Waals surface area contributed by atoms with Crippen LogP contribution in [0.1, 0.15) is 36.2 Å². The molecular weight excluding hydrogens is 396 g/mol.